The first-order chi connectivity index (χ1) is 9.31. The third-order valence-corrected chi connectivity index (χ3v) is 4.64. The number of halogens is 1. The van der Waals surface area contributed by atoms with Gasteiger partial charge in [-0.2, -0.15) is 8.42 Å². The van der Waals surface area contributed by atoms with Crippen molar-refractivity contribution < 1.29 is 18.3 Å². The third-order valence-electron chi connectivity index (χ3n) is 2.38. The van der Waals surface area contributed by atoms with Crippen molar-refractivity contribution in [1.82, 2.24) is 15.0 Å². The minimum atomic E-state index is -3.87. The molecule has 106 valence electrons. The normalized spacial score (nSPS) is 11.3. The van der Waals surface area contributed by atoms with Crippen molar-refractivity contribution in [3.8, 4) is 0 Å². The summed E-state index contributed by atoms with van der Waals surface area (Å²) in [4.78, 5) is 10.7. The molecule has 20 heavy (non-hydrogen) atoms. The van der Waals surface area contributed by atoms with E-state index >= 15 is 0 Å². The van der Waals surface area contributed by atoms with Gasteiger partial charge in [-0.25, -0.2) is 9.48 Å². The molecule has 0 amide bonds. The summed E-state index contributed by atoms with van der Waals surface area (Å²) >= 11 is 3.01. The number of aryl methyl sites for hydroxylation is 1. The van der Waals surface area contributed by atoms with E-state index in [4.69, 9.17) is 5.11 Å². The Morgan fingerprint density at radius 1 is 1.35 bits per heavy atom. The summed E-state index contributed by atoms with van der Waals surface area (Å²) in [6.45, 7) is 0. The Morgan fingerprint density at radius 2 is 1.95 bits per heavy atom. The van der Waals surface area contributed by atoms with Crippen molar-refractivity contribution in [3.05, 3.63) is 34.4 Å². The number of anilines is 1. The molecule has 0 atom stereocenters. The lowest BCUT2D eigenvalue weighted by Crippen LogP contribution is -2.17. The van der Waals surface area contributed by atoms with Crippen LogP contribution in [0.1, 0.15) is 10.4 Å². The molecular formula is C10H9BrN4O4S. The van der Waals surface area contributed by atoms with E-state index < -0.39 is 16.0 Å². The number of rotatable bonds is 4. The van der Waals surface area contributed by atoms with E-state index in [0.717, 1.165) is 4.68 Å². The van der Waals surface area contributed by atoms with Gasteiger partial charge >= 0.3 is 5.97 Å². The number of nitrogens with zero attached hydrogens (tertiary/aromatic N) is 3. The van der Waals surface area contributed by atoms with Crippen molar-refractivity contribution in [1.29, 1.82) is 0 Å². The minimum absolute atomic E-state index is 0.0660. The maximum absolute atomic E-state index is 12.2. The Morgan fingerprint density at radius 3 is 2.40 bits per heavy atom. The standard InChI is InChI=1S/C10H9BrN4O4S/c1-15-9(8(11)12-14-15)20(18,19)13-7-4-2-6(3-5-7)10(16)17/h2-5,13H,1H3,(H,16,17). The van der Waals surface area contributed by atoms with Crippen LogP contribution in [-0.4, -0.2) is 34.5 Å². The Balaban J connectivity index is 2.31. The molecule has 0 spiro atoms. The smallest absolute Gasteiger partial charge is 0.335 e. The van der Waals surface area contributed by atoms with Crippen LogP contribution < -0.4 is 4.72 Å². The molecule has 8 nitrogen and oxygen atoms in total. The molecule has 10 heteroatoms. The Kier molecular flexibility index (Phi) is 3.77. The third kappa shape index (κ3) is 2.80. The number of aromatic carboxylic acids is 1. The molecule has 0 saturated heterocycles. The van der Waals surface area contributed by atoms with Crippen molar-refractivity contribution in [2.75, 3.05) is 4.72 Å². The lowest BCUT2D eigenvalue weighted by atomic mass is 10.2. The lowest BCUT2D eigenvalue weighted by molar-refractivity contribution is 0.0697. The number of carboxylic acid groups (broad SMARTS) is 1. The van der Waals surface area contributed by atoms with Crippen LogP contribution in [0.25, 0.3) is 0 Å². The molecular weight excluding hydrogens is 352 g/mol. The van der Waals surface area contributed by atoms with Crippen LogP contribution in [0.3, 0.4) is 0 Å². The number of carbonyl (C=O) groups is 1. The highest BCUT2D eigenvalue weighted by Gasteiger charge is 2.23. The number of nitrogens with one attached hydrogen (secondary N) is 1. The number of hydrogen-bond acceptors (Lipinski definition) is 5. The van der Waals surface area contributed by atoms with Crippen LogP contribution in [0.15, 0.2) is 33.9 Å². The predicted molar refractivity (Wildman–Crippen MR) is 72.9 cm³/mol. The molecule has 0 bridgehead atoms. The van der Waals surface area contributed by atoms with Crippen LogP contribution in [0.2, 0.25) is 0 Å². The van der Waals surface area contributed by atoms with Crippen LogP contribution in [0.4, 0.5) is 5.69 Å². The second kappa shape index (κ2) is 5.21. The molecule has 0 aliphatic rings. The predicted octanol–water partition coefficient (Wildman–Crippen LogP) is 1.08. The van der Waals surface area contributed by atoms with Gasteiger partial charge in [-0.3, -0.25) is 4.72 Å². The molecule has 0 aliphatic carbocycles. The molecule has 1 heterocycles. The first kappa shape index (κ1) is 14.5. The summed E-state index contributed by atoms with van der Waals surface area (Å²) in [5.74, 6) is -1.09. The SMILES string of the molecule is Cn1nnc(Br)c1S(=O)(=O)Nc1ccc(C(=O)O)cc1. The molecule has 2 N–H and O–H groups in total. The van der Waals surface area contributed by atoms with Gasteiger partial charge in [0.2, 0.25) is 5.03 Å². The fourth-order valence-corrected chi connectivity index (χ4v) is 3.65. The lowest BCUT2D eigenvalue weighted by Gasteiger charge is -2.08. The van der Waals surface area contributed by atoms with Gasteiger partial charge in [-0.15, -0.1) is 5.10 Å². The van der Waals surface area contributed by atoms with E-state index in [-0.39, 0.29) is 20.9 Å². The van der Waals surface area contributed by atoms with Gasteiger partial charge in [0, 0.05) is 12.7 Å². The summed E-state index contributed by atoms with van der Waals surface area (Å²) < 4.78 is 27.8. The summed E-state index contributed by atoms with van der Waals surface area (Å²) in [6.07, 6.45) is 0. The average molecular weight is 361 g/mol. The maximum Gasteiger partial charge on any atom is 0.335 e. The van der Waals surface area contributed by atoms with Crippen LogP contribution >= 0.6 is 15.9 Å². The molecule has 0 fully saturated rings. The van der Waals surface area contributed by atoms with E-state index in [1.165, 1.54) is 31.3 Å². The summed E-state index contributed by atoms with van der Waals surface area (Å²) in [5, 5.41) is 15.8. The Labute approximate surface area is 122 Å². The number of sulfonamides is 1. The zero-order valence-electron chi connectivity index (χ0n) is 10.1. The first-order valence-electron chi connectivity index (χ1n) is 5.22. The zero-order chi connectivity index (χ0) is 14.9. The maximum atomic E-state index is 12.2. The second-order valence-electron chi connectivity index (χ2n) is 3.80. The quantitative estimate of drug-likeness (QED) is 0.842. The van der Waals surface area contributed by atoms with Crippen molar-refractivity contribution in [3.63, 3.8) is 0 Å². The highest BCUT2D eigenvalue weighted by atomic mass is 79.9. The first-order valence-corrected chi connectivity index (χ1v) is 7.50. The van der Waals surface area contributed by atoms with E-state index in [1.54, 1.807) is 0 Å². The van der Waals surface area contributed by atoms with Gasteiger partial charge in [-0.05, 0) is 40.2 Å². The molecule has 0 radical (unpaired) electrons. The van der Waals surface area contributed by atoms with E-state index in [1.807, 2.05) is 0 Å². The molecule has 1 aromatic carbocycles. The highest BCUT2D eigenvalue weighted by Crippen LogP contribution is 2.21. The molecule has 2 aromatic rings. The van der Waals surface area contributed by atoms with Gasteiger partial charge in [0.15, 0.2) is 4.60 Å². The molecule has 1 aromatic heterocycles. The number of carboxylic acids is 1. The molecule has 2 rings (SSSR count). The van der Waals surface area contributed by atoms with E-state index in [9.17, 15) is 13.2 Å². The minimum Gasteiger partial charge on any atom is -0.478 e. The van der Waals surface area contributed by atoms with Crippen molar-refractivity contribution >= 4 is 37.6 Å². The molecule has 0 saturated carbocycles. The summed E-state index contributed by atoms with van der Waals surface area (Å²) in [6, 6.07) is 5.32. The van der Waals surface area contributed by atoms with Crippen molar-refractivity contribution in [2.24, 2.45) is 7.05 Å². The molecule has 0 aliphatic heterocycles. The number of benzene rings is 1. The second-order valence-corrected chi connectivity index (χ2v) is 6.15. The zero-order valence-corrected chi connectivity index (χ0v) is 12.5. The van der Waals surface area contributed by atoms with Crippen LogP contribution in [0, 0.1) is 0 Å². The average Bonchev–Trinajstić information content (AvgIpc) is 2.69. The highest BCUT2D eigenvalue weighted by molar-refractivity contribution is 9.10. The van der Waals surface area contributed by atoms with E-state index in [2.05, 4.69) is 31.0 Å². The Bertz CT molecular complexity index is 735. The summed E-state index contributed by atoms with van der Waals surface area (Å²) in [5.41, 5.74) is 0.305. The van der Waals surface area contributed by atoms with Gasteiger partial charge in [-0.1, -0.05) is 5.21 Å². The topological polar surface area (TPSA) is 114 Å². The number of aromatic nitrogens is 3. The van der Waals surface area contributed by atoms with Crippen LogP contribution in [-0.2, 0) is 17.1 Å². The fourth-order valence-electron chi connectivity index (χ4n) is 1.49. The van der Waals surface area contributed by atoms with Crippen molar-refractivity contribution in [2.45, 2.75) is 5.03 Å². The van der Waals surface area contributed by atoms with Gasteiger partial charge in [0.25, 0.3) is 10.0 Å². The van der Waals surface area contributed by atoms with E-state index in [0.29, 0.717) is 0 Å². The van der Waals surface area contributed by atoms with Gasteiger partial charge in [0.05, 0.1) is 5.56 Å². The fraction of sp³-hybridized carbons (Fsp3) is 0.100. The molecule has 0 unspecified atom stereocenters. The monoisotopic (exact) mass is 360 g/mol. The summed E-state index contributed by atoms with van der Waals surface area (Å²) in [7, 11) is -2.43. The van der Waals surface area contributed by atoms with Crippen LogP contribution in [0.5, 0.6) is 0 Å². The number of hydrogen-bond donors (Lipinski definition) is 2. The van der Waals surface area contributed by atoms with Gasteiger partial charge in [0.1, 0.15) is 0 Å². The largest absolute Gasteiger partial charge is 0.478 e. The Hall–Kier alpha value is -1.94. The van der Waals surface area contributed by atoms with Gasteiger partial charge < -0.3 is 5.11 Å².